The number of hydroxylamine groups is 1. The Morgan fingerprint density at radius 1 is 1.31 bits per heavy atom. The molecule has 2 unspecified atom stereocenters. The van der Waals surface area contributed by atoms with Crippen LogP contribution in [0.2, 0.25) is 0 Å². The number of likely N-dealkylation sites (N-methyl/N-ethyl adjacent to an activating group) is 1. The maximum absolute atomic E-state index is 11.8. The van der Waals surface area contributed by atoms with Crippen LogP contribution < -0.4 is 10.8 Å². The van der Waals surface area contributed by atoms with Crippen molar-refractivity contribution in [3.05, 3.63) is 0 Å². The van der Waals surface area contributed by atoms with Gasteiger partial charge >= 0.3 is 0 Å². The van der Waals surface area contributed by atoms with Gasteiger partial charge in [-0.15, -0.1) is 0 Å². The van der Waals surface area contributed by atoms with E-state index in [9.17, 15) is 4.79 Å². The fourth-order valence-electron chi connectivity index (χ4n) is 2.32. The Bertz CT molecular complexity index is 241. The average Bonchev–Trinajstić information content (AvgIpc) is 2.96. The number of rotatable bonds is 4. The largest absolute Gasteiger partial charge is 0.379 e. The van der Waals surface area contributed by atoms with Gasteiger partial charge in [0.1, 0.15) is 0 Å². The van der Waals surface area contributed by atoms with Crippen LogP contribution in [-0.2, 0) is 14.4 Å². The van der Waals surface area contributed by atoms with Crippen LogP contribution in [0.4, 0.5) is 0 Å². The Hall–Kier alpha value is -0.650. The zero-order valence-corrected chi connectivity index (χ0v) is 9.70. The molecule has 5 heteroatoms. The third kappa shape index (κ3) is 2.72. The van der Waals surface area contributed by atoms with E-state index in [0.29, 0.717) is 13.2 Å². The number of ether oxygens (including phenoxy) is 1. The van der Waals surface area contributed by atoms with Crippen molar-refractivity contribution in [3.63, 3.8) is 0 Å². The summed E-state index contributed by atoms with van der Waals surface area (Å²) < 4.78 is 5.27. The molecule has 1 saturated heterocycles. The van der Waals surface area contributed by atoms with Gasteiger partial charge in [0.15, 0.2) is 0 Å². The fraction of sp³-hybridized carbons (Fsp3) is 0.909. The third-order valence-corrected chi connectivity index (χ3v) is 3.42. The molecule has 0 aromatic heterocycles. The number of hydrogen-bond donors (Lipinski definition) is 2. The van der Waals surface area contributed by atoms with E-state index in [-0.39, 0.29) is 24.0 Å². The minimum absolute atomic E-state index is 0.0660. The minimum Gasteiger partial charge on any atom is -0.379 e. The zero-order valence-electron chi connectivity index (χ0n) is 9.70. The van der Waals surface area contributed by atoms with Gasteiger partial charge in [-0.05, 0) is 19.9 Å². The molecule has 0 aromatic carbocycles. The maximum Gasteiger partial charge on any atom is 0.250 e. The van der Waals surface area contributed by atoms with Crippen molar-refractivity contribution in [2.24, 2.45) is 5.92 Å². The second kappa shape index (κ2) is 5.61. The molecule has 1 saturated carbocycles. The predicted octanol–water partition coefficient (Wildman–Crippen LogP) is 0.211. The molecule has 1 heterocycles. The highest BCUT2D eigenvalue weighted by molar-refractivity contribution is 5.78. The molecule has 0 bridgehead atoms. The molecule has 92 valence electrons. The Morgan fingerprint density at radius 2 is 2.06 bits per heavy atom. The summed E-state index contributed by atoms with van der Waals surface area (Å²) >= 11 is 0. The van der Waals surface area contributed by atoms with E-state index >= 15 is 0 Å². The molecular formula is C11H20N2O3. The summed E-state index contributed by atoms with van der Waals surface area (Å²) in [5.74, 6) is -0.199. The van der Waals surface area contributed by atoms with Crippen molar-refractivity contribution in [1.82, 2.24) is 10.8 Å². The molecule has 1 amide bonds. The van der Waals surface area contributed by atoms with Crippen LogP contribution in [0.5, 0.6) is 0 Å². The van der Waals surface area contributed by atoms with Gasteiger partial charge in [-0.3, -0.25) is 9.63 Å². The number of nitrogens with one attached hydrogen (secondary N) is 2. The average molecular weight is 228 g/mol. The summed E-state index contributed by atoms with van der Waals surface area (Å²) in [6, 6.07) is 0.104. The summed E-state index contributed by atoms with van der Waals surface area (Å²) in [5.41, 5.74) is 2.57. The summed E-state index contributed by atoms with van der Waals surface area (Å²) in [6.45, 7) is 1.07. The van der Waals surface area contributed by atoms with Crippen molar-refractivity contribution in [3.8, 4) is 0 Å². The summed E-state index contributed by atoms with van der Waals surface area (Å²) in [5, 5.41) is 3.08. The van der Waals surface area contributed by atoms with Crippen molar-refractivity contribution >= 4 is 5.91 Å². The first-order valence-corrected chi connectivity index (χ1v) is 6.01. The van der Waals surface area contributed by atoms with E-state index in [0.717, 1.165) is 12.8 Å². The van der Waals surface area contributed by atoms with Gasteiger partial charge in [0.2, 0.25) is 0 Å². The molecule has 2 rings (SSSR count). The lowest BCUT2D eigenvalue weighted by Crippen LogP contribution is -2.43. The van der Waals surface area contributed by atoms with E-state index in [1.165, 1.54) is 12.8 Å². The van der Waals surface area contributed by atoms with Gasteiger partial charge in [0.05, 0.1) is 25.2 Å². The van der Waals surface area contributed by atoms with Crippen molar-refractivity contribution in [2.75, 3.05) is 20.3 Å². The maximum atomic E-state index is 11.8. The van der Waals surface area contributed by atoms with E-state index in [1.807, 2.05) is 7.05 Å². The standard InChI is InChI=1S/C11H20N2O3/c1-12-10-7-15-6-9(10)11(14)13-16-8-4-2-3-5-8/h8-10,12H,2-7H2,1H3,(H,13,14). The molecule has 2 fully saturated rings. The van der Waals surface area contributed by atoms with Crippen LogP contribution in [0.15, 0.2) is 0 Å². The quantitative estimate of drug-likeness (QED) is 0.675. The SMILES string of the molecule is CNC1COCC1C(=O)NOC1CCCC1. The van der Waals surface area contributed by atoms with Crippen molar-refractivity contribution in [2.45, 2.75) is 37.8 Å². The first-order valence-electron chi connectivity index (χ1n) is 6.01. The number of carbonyl (C=O) groups is 1. The lowest BCUT2D eigenvalue weighted by molar-refractivity contribution is -0.142. The van der Waals surface area contributed by atoms with Crippen molar-refractivity contribution in [1.29, 1.82) is 0 Å². The lowest BCUT2D eigenvalue weighted by atomic mass is 10.0. The minimum atomic E-state index is -0.133. The monoisotopic (exact) mass is 228 g/mol. The molecule has 1 aliphatic carbocycles. The summed E-state index contributed by atoms with van der Waals surface area (Å²) in [6.07, 6.45) is 4.71. The highest BCUT2D eigenvalue weighted by Crippen LogP contribution is 2.20. The van der Waals surface area contributed by atoms with Gasteiger partial charge in [-0.1, -0.05) is 12.8 Å². The predicted molar refractivity (Wildman–Crippen MR) is 58.6 cm³/mol. The van der Waals surface area contributed by atoms with Crippen LogP contribution in [0.25, 0.3) is 0 Å². The van der Waals surface area contributed by atoms with Gasteiger partial charge in [-0.25, -0.2) is 5.48 Å². The molecular weight excluding hydrogens is 208 g/mol. The Labute approximate surface area is 95.8 Å². The molecule has 0 spiro atoms. The molecule has 0 aromatic rings. The fourth-order valence-corrected chi connectivity index (χ4v) is 2.32. The molecule has 5 nitrogen and oxygen atoms in total. The van der Waals surface area contributed by atoms with Crippen LogP contribution >= 0.6 is 0 Å². The first kappa shape index (κ1) is 11.8. The zero-order chi connectivity index (χ0) is 11.4. The van der Waals surface area contributed by atoms with Gasteiger partial charge in [0.25, 0.3) is 5.91 Å². The smallest absolute Gasteiger partial charge is 0.250 e. The van der Waals surface area contributed by atoms with Gasteiger partial charge in [0, 0.05) is 6.04 Å². The van der Waals surface area contributed by atoms with Gasteiger partial charge < -0.3 is 10.1 Å². The third-order valence-electron chi connectivity index (χ3n) is 3.42. The van der Waals surface area contributed by atoms with Gasteiger partial charge in [-0.2, -0.15) is 0 Å². The Balaban J connectivity index is 1.74. The van der Waals surface area contributed by atoms with Crippen LogP contribution in [-0.4, -0.2) is 38.3 Å². The number of amides is 1. The summed E-state index contributed by atoms with van der Waals surface area (Å²) in [7, 11) is 1.84. The normalized spacial score (nSPS) is 30.8. The number of hydrogen-bond acceptors (Lipinski definition) is 4. The van der Waals surface area contributed by atoms with E-state index in [4.69, 9.17) is 9.57 Å². The lowest BCUT2D eigenvalue weighted by Gasteiger charge is -2.18. The van der Waals surface area contributed by atoms with Crippen LogP contribution in [0.3, 0.4) is 0 Å². The highest BCUT2D eigenvalue weighted by Gasteiger charge is 2.33. The van der Waals surface area contributed by atoms with Crippen LogP contribution in [0.1, 0.15) is 25.7 Å². The summed E-state index contributed by atoms with van der Waals surface area (Å²) in [4.78, 5) is 17.2. The van der Waals surface area contributed by atoms with E-state index < -0.39 is 0 Å². The van der Waals surface area contributed by atoms with Crippen molar-refractivity contribution < 1.29 is 14.4 Å². The molecule has 2 N–H and O–H groups in total. The Kier molecular flexibility index (Phi) is 4.15. The molecule has 0 radical (unpaired) electrons. The van der Waals surface area contributed by atoms with E-state index in [2.05, 4.69) is 10.8 Å². The molecule has 1 aliphatic heterocycles. The number of carbonyl (C=O) groups excluding carboxylic acids is 1. The molecule has 2 aliphatic rings. The molecule has 2 atom stereocenters. The highest BCUT2D eigenvalue weighted by atomic mass is 16.7. The topological polar surface area (TPSA) is 59.6 Å². The van der Waals surface area contributed by atoms with E-state index in [1.54, 1.807) is 0 Å². The Morgan fingerprint density at radius 3 is 2.75 bits per heavy atom. The second-order valence-corrected chi connectivity index (χ2v) is 4.53. The first-order chi connectivity index (χ1) is 7.81. The molecule has 16 heavy (non-hydrogen) atoms. The van der Waals surface area contributed by atoms with Crippen LogP contribution in [0, 0.1) is 5.92 Å². The second-order valence-electron chi connectivity index (χ2n) is 4.53.